The summed E-state index contributed by atoms with van der Waals surface area (Å²) in [7, 11) is 3.16. The molecule has 2 heterocycles. The lowest BCUT2D eigenvalue weighted by Crippen LogP contribution is -2.47. The van der Waals surface area contributed by atoms with Crippen molar-refractivity contribution < 1.29 is 33.6 Å². The molecule has 0 aromatic heterocycles. The van der Waals surface area contributed by atoms with Gasteiger partial charge in [0.05, 0.1) is 32.9 Å². The van der Waals surface area contributed by atoms with Crippen molar-refractivity contribution in [3.63, 3.8) is 0 Å². The molecule has 0 radical (unpaired) electrons. The van der Waals surface area contributed by atoms with Crippen LogP contribution in [0.3, 0.4) is 0 Å². The number of hydrogen-bond acceptors (Lipinski definition) is 7. The second kappa shape index (κ2) is 8.95. The van der Waals surface area contributed by atoms with Crippen molar-refractivity contribution in [1.29, 1.82) is 0 Å². The van der Waals surface area contributed by atoms with Crippen LogP contribution in [0, 0.1) is 0 Å². The van der Waals surface area contributed by atoms with Gasteiger partial charge in [-0.2, -0.15) is 0 Å². The number of carbonyl (C=O) groups excluding carboxylic acids is 1. The Morgan fingerprint density at radius 3 is 2.56 bits per heavy atom. The van der Waals surface area contributed by atoms with Gasteiger partial charge >= 0.3 is 6.09 Å². The lowest BCUT2D eigenvalue weighted by molar-refractivity contribution is 0.0297. The first-order chi connectivity index (χ1) is 17.6. The number of aliphatic hydroxyl groups is 1. The van der Waals surface area contributed by atoms with E-state index in [0.29, 0.717) is 29.4 Å². The van der Waals surface area contributed by atoms with E-state index < -0.39 is 18.2 Å². The fourth-order valence-electron chi connectivity index (χ4n) is 5.68. The lowest BCUT2D eigenvalue weighted by Gasteiger charge is -2.47. The first-order valence-electron chi connectivity index (χ1n) is 11.9. The highest BCUT2D eigenvalue weighted by Crippen LogP contribution is 2.54. The Morgan fingerprint density at radius 1 is 1.03 bits per heavy atom. The molecular formula is C28H27NO7. The summed E-state index contributed by atoms with van der Waals surface area (Å²) in [5.74, 6) is 2.03. The highest BCUT2D eigenvalue weighted by Gasteiger charge is 2.48. The fourth-order valence-corrected chi connectivity index (χ4v) is 5.68. The summed E-state index contributed by atoms with van der Waals surface area (Å²) in [5.41, 5.74) is 4.48. The van der Waals surface area contributed by atoms with Gasteiger partial charge < -0.3 is 28.8 Å². The fraction of sp³-hybridized carbons (Fsp3) is 0.321. The van der Waals surface area contributed by atoms with Crippen molar-refractivity contribution in [1.82, 2.24) is 4.90 Å². The molecule has 3 aromatic rings. The highest BCUT2D eigenvalue weighted by molar-refractivity contribution is 5.71. The number of ether oxygens (including phenoxy) is 5. The minimum absolute atomic E-state index is 0.145. The second-order valence-corrected chi connectivity index (χ2v) is 9.18. The molecule has 0 bridgehead atoms. The molecule has 3 atom stereocenters. The molecule has 8 nitrogen and oxygen atoms in total. The van der Waals surface area contributed by atoms with Gasteiger partial charge in [0.15, 0.2) is 23.0 Å². The van der Waals surface area contributed by atoms with E-state index in [9.17, 15) is 9.90 Å². The van der Waals surface area contributed by atoms with Gasteiger partial charge in [-0.25, -0.2) is 4.79 Å². The van der Waals surface area contributed by atoms with Crippen molar-refractivity contribution in [2.75, 3.05) is 21.0 Å². The average molecular weight is 490 g/mol. The van der Waals surface area contributed by atoms with E-state index in [2.05, 4.69) is 0 Å². The standard InChI is InChI=1S/C28H27NO7/c1-32-22-9-8-18-20(27(22)33-2)13-29(28(31)34-14-16-6-4-3-5-7-16)26-19-12-24-23(35-15-36-24)11-17(19)10-21(30)25(18)26/h3-9,11-12,21,25-26,30H,10,13-15H2,1-2H3/t21-,25-,26+/m0/s1. The van der Waals surface area contributed by atoms with Crippen molar-refractivity contribution in [3.05, 3.63) is 82.4 Å². The largest absolute Gasteiger partial charge is 0.493 e. The Morgan fingerprint density at radius 2 is 1.81 bits per heavy atom. The third-order valence-corrected chi connectivity index (χ3v) is 7.28. The highest BCUT2D eigenvalue weighted by atomic mass is 16.7. The third-order valence-electron chi connectivity index (χ3n) is 7.28. The average Bonchev–Trinajstić information content (AvgIpc) is 3.37. The maximum Gasteiger partial charge on any atom is 0.410 e. The molecule has 3 aliphatic rings. The first-order valence-corrected chi connectivity index (χ1v) is 11.9. The quantitative estimate of drug-likeness (QED) is 0.584. The zero-order valence-electron chi connectivity index (χ0n) is 20.1. The third kappa shape index (κ3) is 3.60. The number of hydrogen-bond donors (Lipinski definition) is 1. The second-order valence-electron chi connectivity index (χ2n) is 9.18. The van der Waals surface area contributed by atoms with Gasteiger partial charge in [-0.15, -0.1) is 0 Å². The molecule has 1 amide bonds. The summed E-state index contributed by atoms with van der Waals surface area (Å²) in [6.45, 7) is 0.537. The van der Waals surface area contributed by atoms with Crippen LogP contribution in [0.15, 0.2) is 54.6 Å². The van der Waals surface area contributed by atoms with Crippen LogP contribution in [0.5, 0.6) is 23.0 Å². The summed E-state index contributed by atoms with van der Waals surface area (Å²) in [6.07, 6.45) is -0.778. The van der Waals surface area contributed by atoms with Crippen molar-refractivity contribution in [3.8, 4) is 23.0 Å². The molecule has 1 aliphatic carbocycles. The number of nitrogens with zero attached hydrogens (tertiary/aromatic N) is 1. The number of fused-ring (bicyclic) bond motifs is 6. The molecule has 0 saturated heterocycles. The molecule has 36 heavy (non-hydrogen) atoms. The van der Waals surface area contributed by atoms with Crippen molar-refractivity contribution >= 4 is 6.09 Å². The predicted molar refractivity (Wildman–Crippen MR) is 129 cm³/mol. The van der Waals surface area contributed by atoms with E-state index in [-0.39, 0.29) is 25.9 Å². The minimum atomic E-state index is -0.732. The van der Waals surface area contributed by atoms with E-state index in [4.69, 9.17) is 23.7 Å². The van der Waals surface area contributed by atoms with Gasteiger partial charge in [0.25, 0.3) is 0 Å². The molecule has 0 saturated carbocycles. The number of methoxy groups -OCH3 is 2. The summed E-state index contributed by atoms with van der Waals surface area (Å²) in [6, 6.07) is 16.8. The monoisotopic (exact) mass is 489 g/mol. The van der Waals surface area contributed by atoms with Crippen LogP contribution in [0.4, 0.5) is 4.79 Å². The molecule has 8 heteroatoms. The molecule has 1 N–H and O–H groups in total. The minimum Gasteiger partial charge on any atom is -0.493 e. The molecule has 2 aliphatic heterocycles. The van der Waals surface area contributed by atoms with Gasteiger partial charge in [-0.05, 0) is 46.9 Å². The zero-order chi connectivity index (χ0) is 24.8. The number of rotatable bonds is 4. The topological polar surface area (TPSA) is 86.7 Å². The summed E-state index contributed by atoms with van der Waals surface area (Å²) in [5, 5.41) is 11.4. The normalized spacial score (nSPS) is 21.2. The Balaban J connectivity index is 1.46. The van der Waals surface area contributed by atoms with Crippen LogP contribution in [-0.4, -0.2) is 43.2 Å². The number of carbonyl (C=O) groups is 1. The number of aliphatic hydroxyl groups excluding tert-OH is 1. The van der Waals surface area contributed by atoms with E-state index in [0.717, 1.165) is 27.8 Å². The molecule has 186 valence electrons. The zero-order valence-corrected chi connectivity index (χ0v) is 20.1. The summed E-state index contributed by atoms with van der Waals surface area (Å²) < 4.78 is 28.2. The maximum absolute atomic E-state index is 13.6. The van der Waals surface area contributed by atoms with Gasteiger partial charge in [0, 0.05) is 11.5 Å². The lowest BCUT2D eigenvalue weighted by atomic mass is 9.70. The van der Waals surface area contributed by atoms with Crippen LogP contribution in [-0.2, 0) is 24.3 Å². The maximum atomic E-state index is 13.6. The van der Waals surface area contributed by atoms with Gasteiger partial charge in [0.2, 0.25) is 6.79 Å². The van der Waals surface area contributed by atoms with Gasteiger partial charge in [0.1, 0.15) is 6.61 Å². The van der Waals surface area contributed by atoms with Crippen LogP contribution in [0.1, 0.15) is 39.8 Å². The molecular weight excluding hydrogens is 462 g/mol. The van der Waals surface area contributed by atoms with E-state index in [1.165, 1.54) is 0 Å². The summed E-state index contributed by atoms with van der Waals surface area (Å²) >= 11 is 0. The van der Waals surface area contributed by atoms with E-state index in [1.807, 2.05) is 54.6 Å². The van der Waals surface area contributed by atoms with Gasteiger partial charge in [-0.1, -0.05) is 36.4 Å². The van der Waals surface area contributed by atoms with E-state index >= 15 is 0 Å². The van der Waals surface area contributed by atoms with Crippen molar-refractivity contribution in [2.45, 2.75) is 37.6 Å². The van der Waals surface area contributed by atoms with Crippen LogP contribution in [0.2, 0.25) is 0 Å². The smallest absolute Gasteiger partial charge is 0.410 e. The molecule has 6 rings (SSSR count). The SMILES string of the molecule is COc1ccc2c(c1OC)CN(C(=O)OCc1ccccc1)[C@@H]1c3cc4c(cc3C[C@H](O)[C@H]21)OCO4. The molecule has 3 aromatic carbocycles. The summed E-state index contributed by atoms with van der Waals surface area (Å²) in [4.78, 5) is 15.3. The molecule has 0 fully saturated rings. The van der Waals surface area contributed by atoms with Gasteiger partial charge in [-0.3, -0.25) is 4.90 Å². The number of amides is 1. The Kier molecular flexibility index (Phi) is 5.60. The molecule has 0 unspecified atom stereocenters. The van der Waals surface area contributed by atoms with Crippen LogP contribution < -0.4 is 18.9 Å². The Bertz CT molecular complexity index is 1310. The molecule has 0 spiro atoms. The Labute approximate surface area is 208 Å². The predicted octanol–water partition coefficient (Wildman–Crippen LogP) is 4.33. The van der Waals surface area contributed by atoms with Crippen LogP contribution in [0.25, 0.3) is 0 Å². The Hall–Kier alpha value is -3.91. The first kappa shape index (κ1) is 22.5. The van der Waals surface area contributed by atoms with E-state index in [1.54, 1.807) is 19.1 Å². The van der Waals surface area contributed by atoms with Crippen LogP contribution >= 0.6 is 0 Å². The van der Waals surface area contributed by atoms with Crippen molar-refractivity contribution in [2.24, 2.45) is 0 Å². The number of benzene rings is 3.